The molecule has 0 spiro atoms. The molecule has 1 heterocycles. The van der Waals surface area contributed by atoms with Crippen LogP contribution in [-0.2, 0) is 0 Å². The van der Waals surface area contributed by atoms with Crippen LogP contribution in [0.2, 0.25) is 0 Å². The van der Waals surface area contributed by atoms with Crippen LogP contribution in [-0.4, -0.2) is 0 Å². The Hall–Kier alpha value is -2.09. The number of halogens is 1. The van der Waals surface area contributed by atoms with Crippen molar-refractivity contribution in [2.75, 3.05) is 5.32 Å². The summed E-state index contributed by atoms with van der Waals surface area (Å²) >= 11 is 0. The molecule has 2 aromatic rings. The first-order chi connectivity index (χ1) is 10.2. The van der Waals surface area contributed by atoms with Crippen molar-refractivity contribution in [3.63, 3.8) is 0 Å². The van der Waals surface area contributed by atoms with Gasteiger partial charge in [-0.25, -0.2) is 4.39 Å². The van der Waals surface area contributed by atoms with Gasteiger partial charge in [-0.2, -0.15) is 0 Å². The number of benzene rings is 2. The molecule has 0 saturated heterocycles. The van der Waals surface area contributed by atoms with Crippen LogP contribution in [0.25, 0.3) is 0 Å². The minimum Gasteiger partial charge on any atom is -0.378 e. The van der Waals surface area contributed by atoms with Crippen molar-refractivity contribution in [1.82, 2.24) is 0 Å². The summed E-state index contributed by atoms with van der Waals surface area (Å²) in [4.78, 5) is 0. The number of anilines is 1. The lowest BCUT2D eigenvalue weighted by atomic mass is 9.76. The van der Waals surface area contributed by atoms with E-state index in [1.165, 1.54) is 11.1 Å². The third-order valence-electron chi connectivity index (χ3n) is 4.85. The monoisotopic (exact) mass is 279 g/mol. The molecular weight excluding hydrogens is 261 g/mol. The van der Waals surface area contributed by atoms with Gasteiger partial charge in [0.05, 0.1) is 6.04 Å². The van der Waals surface area contributed by atoms with Gasteiger partial charge < -0.3 is 5.32 Å². The molecule has 1 aliphatic carbocycles. The zero-order chi connectivity index (χ0) is 14.4. The van der Waals surface area contributed by atoms with E-state index in [1.54, 1.807) is 12.1 Å². The Bertz CT molecular complexity index is 719. The van der Waals surface area contributed by atoms with Crippen molar-refractivity contribution in [3.05, 3.63) is 77.1 Å². The first-order valence-corrected chi connectivity index (χ1v) is 7.52. The van der Waals surface area contributed by atoms with Gasteiger partial charge in [0, 0.05) is 11.6 Å². The normalized spacial score (nSPS) is 26.1. The average Bonchev–Trinajstić information content (AvgIpc) is 2.97. The minimum absolute atomic E-state index is 0.149. The Morgan fingerprint density at radius 2 is 1.95 bits per heavy atom. The second kappa shape index (κ2) is 4.73. The molecule has 3 unspecified atom stereocenters. The molecular formula is C19H18FN. The van der Waals surface area contributed by atoms with E-state index in [4.69, 9.17) is 0 Å². The molecule has 2 heteroatoms. The number of aryl methyl sites for hydroxylation is 1. The van der Waals surface area contributed by atoms with Crippen molar-refractivity contribution in [3.8, 4) is 0 Å². The number of allylic oxidation sites excluding steroid dienone is 2. The van der Waals surface area contributed by atoms with Gasteiger partial charge in [0.2, 0.25) is 0 Å². The summed E-state index contributed by atoms with van der Waals surface area (Å²) in [6, 6.07) is 13.9. The summed E-state index contributed by atoms with van der Waals surface area (Å²) in [6.07, 6.45) is 5.53. The molecule has 2 aromatic carbocycles. The quantitative estimate of drug-likeness (QED) is 0.727. The summed E-state index contributed by atoms with van der Waals surface area (Å²) in [7, 11) is 0. The van der Waals surface area contributed by atoms with Crippen molar-refractivity contribution < 1.29 is 4.39 Å². The maximum absolute atomic E-state index is 13.6. The molecule has 1 nitrogen and oxygen atoms in total. The van der Waals surface area contributed by atoms with Crippen LogP contribution in [0, 0.1) is 18.7 Å². The highest BCUT2D eigenvalue weighted by Crippen LogP contribution is 2.50. The highest BCUT2D eigenvalue weighted by Gasteiger charge is 2.38. The molecule has 0 radical (unpaired) electrons. The molecule has 0 fully saturated rings. The molecule has 0 saturated carbocycles. The number of rotatable bonds is 1. The Labute approximate surface area is 124 Å². The van der Waals surface area contributed by atoms with E-state index in [0.717, 1.165) is 17.7 Å². The van der Waals surface area contributed by atoms with Crippen LogP contribution in [0.1, 0.15) is 35.1 Å². The van der Waals surface area contributed by atoms with E-state index in [9.17, 15) is 4.39 Å². The van der Waals surface area contributed by atoms with Crippen molar-refractivity contribution >= 4 is 5.69 Å². The van der Waals surface area contributed by atoms with Gasteiger partial charge in [0.25, 0.3) is 0 Å². The first kappa shape index (κ1) is 12.6. The average molecular weight is 279 g/mol. The maximum atomic E-state index is 13.6. The second-order valence-corrected chi connectivity index (χ2v) is 6.06. The third-order valence-corrected chi connectivity index (χ3v) is 4.85. The summed E-state index contributed by atoms with van der Waals surface area (Å²) in [5.41, 5.74) is 4.83. The standard InChI is InChI=1S/C19H18FN/c1-12-5-2-3-6-14(12)19-16-8-4-7-15(16)17-11-13(20)9-10-18(17)21-19/h2-7,9-11,15-16,19,21H,8H2,1H3. The van der Waals surface area contributed by atoms with E-state index >= 15 is 0 Å². The highest BCUT2D eigenvalue weighted by molar-refractivity contribution is 5.60. The van der Waals surface area contributed by atoms with Crippen LogP contribution in [0.4, 0.5) is 10.1 Å². The fourth-order valence-electron chi connectivity index (χ4n) is 3.81. The van der Waals surface area contributed by atoms with Crippen molar-refractivity contribution in [2.45, 2.75) is 25.3 Å². The van der Waals surface area contributed by atoms with Gasteiger partial charge in [-0.05, 0) is 54.2 Å². The van der Waals surface area contributed by atoms with E-state index < -0.39 is 0 Å². The van der Waals surface area contributed by atoms with Gasteiger partial charge >= 0.3 is 0 Å². The molecule has 4 rings (SSSR count). The van der Waals surface area contributed by atoms with Gasteiger partial charge in [-0.3, -0.25) is 0 Å². The van der Waals surface area contributed by atoms with E-state index in [0.29, 0.717) is 17.9 Å². The van der Waals surface area contributed by atoms with Gasteiger partial charge in [0.1, 0.15) is 5.82 Å². The third kappa shape index (κ3) is 1.98. The lowest BCUT2D eigenvalue weighted by Crippen LogP contribution is -2.29. The van der Waals surface area contributed by atoms with E-state index in [1.807, 2.05) is 6.07 Å². The van der Waals surface area contributed by atoms with Crippen LogP contribution < -0.4 is 5.32 Å². The Morgan fingerprint density at radius 1 is 1.10 bits per heavy atom. The Kier molecular flexibility index (Phi) is 2.85. The van der Waals surface area contributed by atoms with Gasteiger partial charge in [-0.15, -0.1) is 0 Å². The molecule has 21 heavy (non-hydrogen) atoms. The molecule has 0 aromatic heterocycles. The predicted octanol–water partition coefficient (Wildman–Crippen LogP) is 4.96. The minimum atomic E-state index is -0.149. The molecule has 0 bridgehead atoms. The van der Waals surface area contributed by atoms with Gasteiger partial charge in [0.15, 0.2) is 0 Å². The lowest BCUT2D eigenvalue weighted by molar-refractivity contribution is 0.423. The highest BCUT2D eigenvalue weighted by atomic mass is 19.1. The lowest BCUT2D eigenvalue weighted by Gasteiger charge is -2.38. The number of hydrogen-bond donors (Lipinski definition) is 1. The van der Waals surface area contributed by atoms with Crippen LogP contribution >= 0.6 is 0 Å². The van der Waals surface area contributed by atoms with E-state index in [-0.39, 0.29) is 5.82 Å². The summed E-state index contributed by atoms with van der Waals surface area (Å²) in [6.45, 7) is 2.16. The van der Waals surface area contributed by atoms with Gasteiger partial charge in [-0.1, -0.05) is 36.4 Å². The molecule has 1 aliphatic heterocycles. The summed E-state index contributed by atoms with van der Waals surface area (Å²) in [5, 5.41) is 3.65. The molecule has 106 valence electrons. The van der Waals surface area contributed by atoms with Crippen LogP contribution in [0.5, 0.6) is 0 Å². The van der Waals surface area contributed by atoms with Crippen LogP contribution in [0.15, 0.2) is 54.6 Å². The van der Waals surface area contributed by atoms with E-state index in [2.05, 4.69) is 48.7 Å². The Balaban J connectivity index is 1.82. The number of hydrogen-bond acceptors (Lipinski definition) is 1. The molecule has 0 amide bonds. The zero-order valence-electron chi connectivity index (χ0n) is 12.0. The largest absolute Gasteiger partial charge is 0.378 e. The fraction of sp³-hybridized carbons (Fsp3) is 0.263. The zero-order valence-corrected chi connectivity index (χ0v) is 12.0. The fourth-order valence-corrected chi connectivity index (χ4v) is 3.81. The second-order valence-electron chi connectivity index (χ2n) is 6.06. The topological polar surface area (TPSA) is 12.0 Å². The number of fused-ring (bicyclic) bond motifs is 3. The van der Waals surface area contributed by atoms with Crippen molar-refractivity contribution in [2.24, 2.45) is 5.92 Å². The van der Waals surface area contributed by atoms with Crippen molar-refractivity contribution in [1.29, 1.82) is 0 Å². The Morgan fingerprint density at radius 3 is 2.81 bits per heavy atom. The van der Waals surface area contributed by atoms with Crippen LogP contribution in [0.3, 0.4) is 0 Å². The molecule has 2 aliphatic rings. The summed E-state index contributed by atoms with van der Waals surface area (Å²) < 4.78 is 13.6. The predicted molar refractivity (Wildman–Crippen MR) is 83.9 cm³/mol. The summed E-state index contributed by atoms with van der Waals surface area (Å²) in [5.74, 6) is 0.644. The maximum Gasteiger partial charge on any atom is 0.123 e. The number of nitrogens with one attached hydrogen (secondary N) is 1. The smallest absolute Gasteiger partial charge is 0.123 e. The first-order valence-electron chi connectivity index (χ1n) is 7.52. The molecule has 1 N–H and O–H groups in total. The SMILES string of the molecule is Cc1ccccc1C1Nc2ccc(F)cc2C2C=CCC21. The molecule has 3 atom stereocenters.